The van der Waals surface area contributed by atoms with Crippen LogP contribution in [0.15, 0.2) is 15.9 Å². The molecule has 3 nitrogen and oxygen atoms in total. The van der Waals surface area contributed by atoms with Gasteiger partial charge in [-0.15, -0.1) is 11.3 Å². The number of rotatable bonds is 4. The van der Waals surface area contributed by atoms with Gasteiger partial charge in [0, 0.05) is 11.4 Å². The lowest BCUT2D eigenvalue weighted by Gasteiger charge is -2.25. The molecule has 1 aromatic heterocycles. The number of halogens is 1. The van der Waals surface area contributed by atoms with E-state index in [1.54, 1.807) is 11.3 Å². The van der Waals surface area contributed by atoms with Crippen LogP contribution < -0.4 is 5.32 Å². The summed E-state index contributed by atoms with van der Waals surface area (Å²) in [5, 5.41) is 3.39. The average molecular weight is 345 g/mol. The minimum absolute atomic E-state index is 0.0193. The molecule has 2 rings (SSSR count). The van der Waals surface area contributed by atoms with E-state index in [1.165, 1.54) is 17.7 Å². The Hall–Kier alpha value is -0.390. The lowest BCUT2D eigenvalue weighted by atomic mass is 10.1. The van der Waals surface area contributed by atoms with Crippen LogP contribution in [0.3, 0.4) is 0 Å². The van der Waals surface area contributed by atoms with E-state index in [0.29, 0.717) is 0 Å². The van der Waals surface area contributed by atoms with Crippen LogP contribution in [-0.4, -0.2) is 29.9 Å². The molecule has 1 amide bonds. The van der Waals surface area contributed by atoms with Gasteiger partial charge in [-0.2, -0.15) is 0 Å². The van der Waals surface area contributed by atoms with Crippen LogP contribution in [0.25, 0.3) is 0 Å². The van der Waals surface area contributed by atoms with Crippen molar-refractivity contribution in [3.05, 3.63) is 20.8 Å². The summed E-state index contributed by atoms with van der Waals surface area (Å²) in [6.45, 7) is 4.52. The van der Waals surface area contributed by atoms with Gasteiger partial charge in [-0.1, -0.05) is 12.8 Å². The van der Waals surface area contributed by atoms with Gasteiger partial charge in [-0.3, -0.25) is 4.79 Å². The molecule has 0 bridgehead atoms. The Morgan fingerprint density at radius 2 is 2.32 bits per heavy atom. The third kappa shape index (κ3) is 4.29. The van der Waals surface area contributed by atoms with Gasteiger partial charge in [0.05, 0.1) is 16.4 Å². The van der Waals surface area contributed by atoms with Crippen LogP contribution in [0.4, 0.5) is 0 Å². The van der Waals surface area contributed by atoms with Gasteiger partial charge >= 0.3 is 0 Å². The van der Waals surface area contributed by atoms with Crippen molar-refractivity contribution in [3.8, 4) is 0 Å². The van der Waals surface area contributed by atoms with Crippen LogP contribution >= 0.6 is 27.3 Å². The van der Waals surface area contributed by atoms with E-state index in [1.807, 2.05) is 11.0 Å². The summed E-state index contributed by atoms with van der Waals surface area (Å²) >= 11 is 5.17. The highest BCUT2D eigenvalue weighted by molar-refractivity contribution is 9.11. The van der Waals surface area contributed by atoms with Crippen LogP contribution in [0.2, 0.25) is 0 Å². The highest BCUT2D eigenvalue weighted by atomic mass is 79.9. The number of amides is 1. The molecule has 106 valence electrons. The van der Waals surface area contributed by atoms with E-state index in [0.717, 1.165) is 36.3 Å². The Kier molecular flexibility index (Phi) is 5.85. The monoisotopic (exact) mass is 344 g/mol. The first kappa shape index (κ1) is 15.0. The van der Waals surface area contributed by atoms with Crippen molar-refractivity contribution < 1.29 is 4.79 Å². The van der Waals surface area contributed by atoms with E-state index >= 15 is 0 Å². The predicted octanol–water partition coefficient (Wildman–Crippen LogP) is 3.39. The summed E-state index contributed by atoms with van der Waals surface area (Å²) in [4.78, 5) is 15.7. The average Bonchev–Trinajstić information content (AvgIpc) is 2.68. The number of carbonyl (C=O) groups excluding carboxylic acids is 1. The first-order valence-corrected chi connectivity index (χ1v) is 8.58. The van der Waals surface area contributed by atoms with Crippen LogP contribution in [0, 0.1) is 0 Å². The summed E-state index contributed by atoms with van der Waals surface area (Å²) in [5.74, 6) is 0.258. The molecule has 0 spiro atoms. The molecule has 1 aliphatic heterocycles. The fraction of sp³-hybridized carbons (Fsp3) is 0.643. The molecule has 0 aliphatic carbocycles. The molecule has 1 fully saturated rings. The van der Waals surface area contributed by atoms with Gasteiger partial charge in [-0.05, 0) is 54.4 Å². The van der Waals surface area contributed by atoms with E-state index in [9.17, 15) is 4.79 Å². The largest absolute Gasteiger partial charge is 0.336 e. The highest BCUT2D eigenvalue weighted by Crippen LogP contribution is 2.23. The maximum atomic E-state index is 12.5. The quantitative estimate of drug-likeness (QED) is 0.907. The molecule has 19 heavy (non-hydrogen) atoms. The van der Waals surface area contributed by atoms with Crippen molar-refractivity contribution in [2.24, 2.45) is 0 Å². The van der Waals surface area contributed by atoms with Gasteiger partial charge in [-0.25, -0.2) is 0 Å². The molecule has 1 N–H and O–H groups in total. The smallest absolute Gasteiger partial charge is 0.240 e. The normalized spacial score (nSPS) is 20.0. The number of thiophene rings is 1. The fourth-order valence-corrected chi connectivity index (χ4v) is 3.93. The predicted molar refractivity (Wildman–Crippen MR) is 83.4 cm³/mol. The second-order valence-electron chi connectivity index (χ2n) is 4.91. The van der Waals surface area contributed by atoms with Crippen molar-refractivity contribution in [1.29, 1.82) is 0 Å². The van der Waals surface area contributed by atoms with Gasteiger partial charge in [0.1, 0.15) is 0 Å². The third-order valence-corrected chi connectivity index (χ3v) is 5.14. The third-order valence-electron chi connectivity index (χ3n) is 3.53. The van der Waals surface area contributed by atoms with Crippen molar-refractivity contribution >= 4 is 33.2 Å². The zero-order chi connectivity index (χ0) is 13.7. The number of likely N-dealkylation sites (N-methyl/N-ethyl adjacent to an activating group) is 1. The van der Waals surface area contributed by atoms with E-state index in [4.69, 9.17) is 0 Å². The van der Waals surface area contributed by atoms with Crippen LogP contribution in [0.1, 0.15) is 37.5 Å². The highest BCUT2D eigenvalue weighted by Gasteiger charge is 2.24. The Morgan fingerprint density at radius 1 is 1.47 bits per heavy atom. The number of carbonyl (C=O) groups is 1. The lowest BCUT2D eigenvalue weighted by Crippen LogP contribution is -2.45. The molecule has 1 aliphatic rings. The van der Waals surface area contributed by atoms with E-state index in [-0.39, 0.29) is 11.9 Å². The minimum Gasteiger partial charge on any atom is -0.336 e. The molecule has 0 aromatic carbocycles. The summed E-state index contributed by atoms with van der Waals surface area (Å²) in [5.41, 5.74) is 0. The SMILES string of the molecule is CCN(Cc1ccc(Br)s1)C(=O)C1CCCCCN1. The maximum Gasteiger partial charge on any atom is 0.240 e. The number of hydrogen-bond donors (Lipinski definition) is 1. The molecular formula is C14H21BrN2OS. The first-order chi connectivity index (χ1) is 9.20. The lowest BCUT2D eigenvalue weighted by molar-refractivity contribution is -0.133. The minimum atomic E-state index is 0.0193. The van der Waals surface area contributed by atoms with E-state index in [2.05, 4.69) is 34.2 Å². The zero-order valence-electron chi connectivity index (χ0n) is 11.3. The number of nitrogens with zero attached hydrogens (tertiary/aromatic N) is 1. The number of nitrogens with one attached hydrogen (secondary N) is 1. The Bertz CT molecular complexity index is 413. The van der Waals surface area contributed by atoms with Gasteiger partial charge in [0.2, 0.25) is 5.91 Å². The molecular weight excluding hydrogens is 324 g/mol. The van der Waals surface area contributed by atoms with Crippen LogP contribution in [-0.2, 0) is 11.3 Å². The Morgan fingerprint density at radius 3 is 3.00 bits per heavy atom. The molecule has 0 radical (unpaired) electrons. The van der Waals surface area contributed by atoms with Gasteiger partial charge < -0.3 is 10.2 Å². The summed E-state index contributed by atoms with van der Waals surface area (Å²) < 4.78 is 1.12. The number of hydrogen-bond acceptors (Lipinski definition) is 3. The van der Waals surface area contributed by atoms with Crippen molar-refractivity contribution in [3.63, 3.8) is 0 Å². The summed E-state index contributed by atoms with van der Waals surface area (Å²) in [6, 6.07) is 4.15. The molecule has 5 heteroatoms. The Balaban J connectivity index is 1.97. The van der Waals surface area contributed by atoms with Crippen molar-refractivity contribution in [1.82, 2.24) is 10.2 Å². The molecule has 0 saturated carbocycles. The molecule has 1 saturated heterocycles. The first-order valence-electron chi connectivity index (χ1n) is 6.97. The standard InChI is InChI=1S/C14H21BrN2OS/c1-2-17(10-11-7-8-13(15)19-11)14(18)12-6-4-3-5-9-16-12/h7-8,12,16H,2-6,9-10H2,1H3. The molecule has 1 atom stereocenters. The van der Waals surface area contributed by atoms with Crippen molar-refractivity contribution in [2.75, 3.05) is 13.1 Å². The van der Waals surface area contributed by atoms with Gasteiger partial charge in [0.25, 0.3) is 0 Å². The maximum absolute atomic E-state index is 12.5. The summed E-state index contributed by atoms with van der Waals surface area (Å²) in [7, 11) is 0. The molecule has 1 aromatic rings. The summed E-state index contributed by atoms with van der Waals surface area (Å²) in [6.07, 6.45) is 4.56. The molecule has 1 unspecified atom stereocenters. The second-order valence-corrected chi connectivity index (χ2v) is 7.46. The fourth-order valence-electron chi connectivity index (χ4n) is 2.43. The van der Waals surface area contributed by atoms with Gasteiger partial charge in [0.15, 0.2) is 0 Å². The topological polar surface area (TPSA) is 32.3 Å². The van der Waals surface area contributed by atoms with E-state index < -0.39 is 0 Å². The van der Waals surface area contributed by atoms with Crippen LogP contribution in [0.5, 0.6) is 0 Å². The van der Waals surface area contributed by atoms with Crippen molar-refractivity contribution in [2.45, 2.75) is 45.2 Å². The molecule has 2 heterocycles. The second kappa shape index (κ2) is 7.41. The zero-order valence-corrected chi connectivity index (χ0v) is 13.7. The Labute approximate surface area is 127 Å².